The van der Waals surface area contributed by atoms with Crippen molar-refractivity contribution in [2.24, 2.45) is 0 Å². The van der Waals surface area contributed by atoms with Gasteiger partial charge < -0.3 is 5.11 Å². The summed E-state index contributed by atoms with van der Waals surface area (Å²) in [5.41, 5.74) is 2.86. The summed E-state index contributed by atoms with van der Waals surface area (Å²) in [4.78, 5) is 0. The SMILES string of the molecule is C1=CCC([CH-]C2=CC=CC2)=C1.CO.[Hf]. The molecule has 0 heterocycles. The first kappa shape index (κ1) is 13.7. The predicted octanol–water partition coefficient (Wildman–Crippen LogP) is 2.57. The minimum atomic E-state index is 0. The molecule has 0 fully saturated rings. The molecule has 1 N–H and O–H groups in total. The average Bonchev–Trinajstić information content (AvgIpc) is 2.81. The van der Waals surface area contributed by atoms with Gasteiger partial charge in [-0.2, -0.15) is 29.7 Å². The first-order valence-corrected chi connectivity index (χ1v) is 4.46. The Labute approximate surface area is 105 Å². The van der Waals surface area contributed by atoms with Gasteiger partial charge in [-0.25, -0.2) is 0 Å². The molecule has 0 radical (unpaired) electrons. The maximum atomic E-state index is 7.00. The summed E-state index contributed by atoms with van der Waals surface area (Å²) in [5.74, 6) is 0. The van der Waals surface area contributed by atoms with Gasteiger partial charge in [0.25, 0.3) is 0 Å². The molecule has 0 aliphatic heterocycles. The molecule has 0 spiro atoms. The van der Waals surface area contributed by atoms with Crippen LogP contribution in [0.1, 0.15) is 12.8 Å². The molecular formula is C12H15HfO-. The van der Waals surface area contributed by atoms with Gasteiger partial charge in [0.15, 0.2) is 0 Å². The van der Waals surface area contributed by atoms with E-state index in [4.69, 9.17) is 5.11 Å². The summed E-state index contributed by atoms with van der Waals surface area (Å²) in [6.45, 7) is 0. The van der Waals surface area contributed by atoms with Crippen molar-refractivity contribution in [2.75, 3.05) is 7.11 Å². The number of aliphatic hydroxyl groups excluding tert-OH is 1. The normalized spacial score (nSPS) is 16.4. The largest absolute Gasteiger partial charge is 0.400 e. The Morgan fingerprint density at radius 2 is 1.43 bits per heavy atom. The second-order valence-corrected chi connectivity index (χ2v) is 2.89. The Kier molecular flexibility index (Phi) is 7.81. The van der Waals surface area contributed by atoms with Gasteiger partial charge in [0.1, 0.15) is 0 Å². The van der Waals surface area contributed by atoms with Crippen molar-refractivity contribution in [1.82, 2.24) is 0 Å². The van der Waals surface area contributed by atoms with Crippen molar-refractivity contribution in [2.45, 2.75) is 12.8 Å². The third-order valence-corrected chi connectivity index (χ3v) is 1.97. The predicted molar refractivity (Wildman–Crippen MR) is 56.1 cm³/mol. The summed E-state index contributed by atoms with van der Waals surface area (Å²) >= 11 is 0. The standard InChI is InChI=1S/C11H11.CH4O.Hf/c1-2-6-10(5-1)9-11-7-3-4-8-11;1-2;/h1-5,7,9H,6,8H2;2H,1H3;/q-1;;. The number of allylic oxidation sites excluding steroid dienone is 8. The van der Waals surface area contributed by atoms with E-state index in [1.165, 1.54) is 11.1 Å². The van der Waals surface area contributed by atoms with E-state index in [1.54, 1.807) is 0 Å². The van der Waals surface area contributed by atoms with Crippen molar-refractivity contribution < 1.29 is 30.9 Å². The molecule has 0 aromatic rings. The first-order valence-electron chi connectivity index (χ1n) is 4.46. The van der Waals surface area contributed by atoms with E-state index in [2.05, 4.69) is 42.9 Å². The molecule has 0 saturated carbocycles. The van der Waals surface area contributed by atoms with E-state index in [-0.39, 0.29) is 25.8 Å². The molecule has 0 aromatic carbocycles. The van der Waals surface area contributed by atoms with Crippen molar-refractivity contribution in [3.05, 3.63) is 54.0 Å². The van der Waals surface area contributed by atoms with Gasteiger partial charge >= 0.3 is 0 Å². The fraction of sp³-hybridized carbons (Fsp3) is 0.250. The fourth-order valence-corrected chi connectivity index (χ4v) is 1.38. The van der Waals surface area contributed by atoms with Crippen LogP contribution < -0.4 is 0 Å². The van der Waals surface area contributed by atoms with Crippen LogP contribution in [0.15, 0.2) is 47.6 Å². The van der Waals surface area contributed by atoms with Gasteiger partial charge in [0, 0.05) is 33.0 Å². The number of hydrogen-bond donors (Lipinski definition) is 1. The molecule has 0 bridgehead atoms. The molecule has 0 aromatic heterocycles. The molecule has 0 amide bonds. The molecule has 14 heavy (non-hydrogen) atoms. The summed E-state index contributed by atoms with van der Waals surface area (Å²) in [6.07, 6.45) is 17.5. The third kappa shape index (κ3) is 4.25. The van der Waals surface area contributed by atoms with Crippen molar-refractivity contribution in [3.63, 3.8) is 0 Å². The van der Waals surface area contributed by atoms with Crippen LogP contribution in [0.4, 0.5) is 0 Å². The zero-order valence-electron chi connectivity index (χ0n) is 8.40. The maximum Gasteiger partial charge on any atom is 0.0319 e. The molecule has 2 rings (SSSR count). The van der Waals surface area contributed by atoms with E-state index in [0.29, 0.717) is 0 Å². The summed E-state index contributed by atoms with van der Waals surface area (Å²) in [7, 11) is 1.00. The van der Waals surface area contributed by atoms with Crippen LogP contribution in [0.5, 0.6) is 0 Å². The number of hydrogen-bond acceptors (Lipinski definition) is 1. The Morgan fingerprint density at radius 3 is 1.71 bits per heavy atom. The summed E-state index contributed by atoms with van der Waals surface area (Å²) in [5, 5.41) is 7.00. The molecule has 0 atom stereocenters. The second kappa shape index (κ2) is 8.01. The van der Waals surface area contributed by atoms with E-state index < -0.39 is 0 Å². The van der Waals surface area contributed by atoms with Crippen LogP contribution in [0.25, 0.3) is 0 Å². The number of aliphatic hydroxyl groups is 1. The van der Waals surface area contributed by atoms with Crippen LogP contribution in [-0.2, 0) is 25.8 Å². The summed E-state index contributed by atoms with van der Waals surface area (Å²) in [6, 6.07) is 0. The van der Waals surface area contributed by atoms with Gasteiger partial charge in [-0.3, -0.25) is 0 Å². The molecule has 0 unspecified atom stereocenters. The van der Waals surface area contributed by atoms with Crippen LogP contribution in [0.3, 0.4) is 0 Å². The maximum absolute atomic E-state index is 7.00. The zero-order chi connectivity index (χ0) is 9.52. The Bertz CT molecular complexity index is 244. The second-order valence-electron chi connectivity index (χ2n) is 2.89. The van der Waals surface area contributed by atoms with E-state index in [9.17, 15) is 0 Å². The van der Waals surface area contributed by atoms with Crippen molar-refractivity contribution >= 4 is 0 Å². The third-order valence-electron chi connectivity index (χ3n) is 1.97. The van der Waals surface area contributed by atoms with Crippen molar-refractivity contribution in [3.8, 4) is 0 Å². The Morgan fingerprint density at radius 1 is 1.00 bits per heavy atom. The fourth-order valence-electron chi connectivity index (χ4n) is 1.38. The van der Waals surface area contributed by atoms with Crippen molar-refractivity contribution in [1.29, 1.82) is 0 Å². The van der Waals surface area contributed by atoms with Crippen LogP contribution in [0, 0.1) is 6.42 Å². The number of rotatable bonds is 2. The molecule has 2 aliphatic rings. The summed E-state index contributed by atoms with van der Waals surface area (Å²) < 4.78 is 0. The van der Waals surface area contributed by atoms with Crippen LogP contribution in [-0.4, -0.2) is 12.2 Å². The Balaban J connectivity index is 0.000000531. The van der Waals surface area contributed by atoms with E-state index >= 15 is 0 Å². The van der Waals surface area contributed by atoms with Gasteiger partial charge in [-0.15, -0.1) is 12.2 Å². The van der Waals surface area contributed by atoms with E-state index in [0.717, 1.165) is 20.0 Å². The Hall–Kier alpha value is -0.340. The topological polar surface area (TPSA) is 20.2 Å². The molecule has 0 saturated heterocycles. The molecule has 2 aliphatic carbocycles. The molecular weight excluding hydrogens is 339 g/mol. The van der Waals surface area contributed by atoms with Crippen LogP contribution >= 0.6 is 0 Å². The smallest absolute Gasteiger partial charge is 0.0319 e. The molecule has 74 valence electrons. The molecule has 1 nitrogen and oxygen atoms in total. The van der Waals surface area contributed by atoms with E-state index in [1.807, 2.05) is 0 Å². The minimum Gasteiger partial charge on any atom is -0.400 e. The molecule has 2 heteroatoms. The van der Waals surface area contributed by atoms with Gasteiger partial charge in [-0.05, 0) is 12.8 Å². The van der Waals surface area contributed by atoms with Crippen LogP contribution in [0.2, 0.25) is 0 Å². The monoisotopic (exact) mass is 355 g/mol. The minimum absolute atomic E-state index is 0. The van der Waals surface area contributed by atoms with Gasteiger partial charge in [0.2, 0.25) is 0 Å². The zero-order valence-corrected chi connectivity index (χ0v) is 12.0. The first-order chi connectivity index (χ1) is 6.45. The van der Waals surface area contributed by atoms with Gasteiger partial charge in [-0.1, -0.05) is 12.2 Å². The quantitative estimate of drug-likeness (QED) is 0.597. The van der Waals surface area contributed by atoms with Gasteiger partial charge in [0.05, 0.1) is 0 Å². The average molecular weight is 354 g/mol.